The van der Waals surface area contributed by atoms with E-state index in [1.54, 1.807) is 0 Å². The molecule has 0 aliphatic carbocycles. The molecule has 0 aromatic carbocycles. The average Bonchev–Trinajstić information content (AvgIpc) is 3.39. The molecule has 440 valence electrons. The highest BCUT2D eigenvalue weighted by Gasteiger charge is 2.30. The van der Waals surface area contributed by atoms with Crippen molar-refractivity contribution in [3.63, 3.8) is 0 Å². The Labute approximate surface area is 473 Å². The van der Waals surface area contributed by atoms with E-state index in [1.807, 2.05) is 33.3 Å². The molecule has 0 saturated carbocycles. The van der Waals surface area contributed by atoms with Gasteiger partial charge >= 0.3 is 13.8 Å². The molecule has 2 N–H and O–H groups in total. The molecule has 0 heterocycles. The highest BCUT2D eigenvalue weighted by molar-refractivity contribution is 7.47. The van der Waals surface area contributed by atoms with E-state index in [9.17, 15) is 19.0 Å². The van der Waals surface area contributed by atoms with Crippen molar-refractivity contribution < 1.29 is 37.3 Å². The Bertz CT molecular complexity index is 1730. The third-order valence-corrected chi connectivity index (χ3v) is 13.9. The number of allylic oxidation sites excluding steroid dienone is 19. The van der Waals surface area contributed by atoms with E-state index in [-0.39, 0.29) is 31.5 Å². The SMILES string of the molecule is CC/C=C\C/C=C\C/C=C\C/C=C\C/C=C\C/C=C\CCCCC(=O)OC(/C=C/CCCCCCCCCCCCC)C(COP(=O)(O)OCC[N+](C)(C)C)NC(=O)CCCCCC/C=C\C/C=C\C/C=C\CCCCC. The van der Waals surface area contributed by atoms with E-state index < -0.39 is 20.0 Å². The number of nitrogens with zero attached hydrogens (tertiary/aromatic N) is 1. The van der Waals surface area contributed by atoms with E-state index in [1.165, 1.54) is 83.5 Å². The zero-order valence-electron chi connectivity index (χ0n) is 50.2. The lowest BCUT2D eigenvalue weighted by Crippen LogP contribution is -2.47. The number of ether oxygens (including phenoxy) is 1. The third-order valence-electron chi connectivity index (χ3n) is 12.9. The van der Waals surface area contributed by atoms with Gasteiger partial charge in [-0.3, -0.25) is 18.6 Å². The molecule has 1 amide bonds. The Balaban J connectivity index is 5.44. The molecule has 0 bridgehead atoms. The van der Waals surface area contributed by atoms with Crippen LogP contribution in [0, 0.1) is 0 Å². The quantitative estimate of drug-likeness (QED) is 0.0205. The van der Waals surface area contributed by atoms with Crippen LogP contribution in [0.5, 0.6) is 0 Å². The van der Waals surface area contributed by atoms with Gasteiger partial charge < -0.3 is 19.4 Å². The second kappa shape index (κ2) is 55.7. The Morgan fingerprint density at radius 2 is 0.831 bits per heavy atom. The maximum absolute atomic E-state index is 13.5. The van der Waals surface area contributed by atoms with Gasteiger partial charge in [-0.2, -0.15) is 0 Å². The van der Waals surface area contributed by atoms with Gasteiger partial charge in [0.2, 0.25) is 5.91 Å². The van der Waals surface area contributed by atoms with Crippen molar-refractivity contribution in [1.82, 2.24) is 5.32 Å². The van der Waals surface area contributed by atoms with Gasteiger partial charge in [0.25, 0.3) is 0 Å². The van der Waals surface area contributed by atoms with Gasteiger partial charge in [0, 0.05) is 12.8 Å². The summed E-state index contributed by atoms with van der Waals surface area (Å²) < 4.78 is 30.6. The minimum absolute atomic E-state index is 0.0219. The lowest BCUT2D eigenvalue weighted by molar-refractivity contribution is -0.870. The number of nitrogens with one attached hydrogen (secondary N) is 1. The molecule has 3 unspecified atom stereocenters. The van der Waals surface area contributed by atoms with E-state index in [4.69, 9.17) is 13.8 Å². The maximum Gasteiger partial charge on any atom is 0.472 e. The van der Waals surface area contributed by atoms with Crippen LogP contribution >= 0.6 is 7.82 Å². The van der Waals surface area contributed by atoms with E-state index >= 15 is 0 Å². The van der Waals surface area contributed by atoms with Crippen LogP contribution in [0.15, 0.2) is 122 Å². The molecule has 0 aromatic rings. The summed E-state index contributed by atoms with van der Waals surface area (Å²) in [7, 11) is 1.44. The molecule has 0 aliphatic heterocycles. The van der Waals surface area contributed by atoms with Crippen molar-refractivity contribution >= 4 is 19.7 Å². The summed E-state index contributed by atoms with van der Waals surface area (Å²) >= 11 is 0. The minimum atomic E-state index is -4.47. The number of carbonyl (C=O) groups excluding carboxylic acids is 2. The van der Waals surface area contributed by atoms with Crippen LogP contribution in [0.25, 0.3) is 0 Å². The Morgan fingerprint density at radius 1 is 0.468 bits per heavy atom. The van der Waals surface area contributed by atoms with E-state index in [0.29, 0.717) is 30.3 Å². The maximum atomic E-state index is 13.5. The van der Waals surface area contributed by atoms with Crippen LogP contribution in [0.2, 0.25) is 0 Å². The number of phosphoric ester groups is 1. The van der Waals surface area contributed by atoms with Crippen molar-refractivity contribution in [1.29, 1.82) is 0 Å². The van der Waals surface area contributed by atoms with Crippen LogP contribution in [0.3, 0.4) is 0 Å². The predicted octanol–water partition coefficient (Wildman–Crippen LogP) is 19.1. The zero-order valence-corrected chi connectivity index (χ0v) is 51.1. The molecule has 0 aliphatic rings. The number of amides is 1. The second-order valence-electron chi connectivity index (χ2n) is 21.5. The third kappa shape index (κ3) is 56.9. The Hall–Kier alpha value is -3.59. The van der Waals surface area contributed by atoms with Crippen molar-refractivity contribution in [2.45, 2.75) is 251 Å². The summed E-state index contributed by atoms with van der Waals surface area (Å²) in [5, 5.41) is 3.03. The number of rotatable bonds is 54. The standard InChI is InChI=1S/C67H115N2O7P/c1-7-10-13-16-19-22-25-28-30-32-33-34-35-37-39-42-45-48-51-54-57-60-67(71)76-65(58-55-52-49-46-43-40-27-24-21-18-15-12-9-3)64(63-75-77(72,73)74-62-61-69(4,5)6)68-66(70)59-56-53-50-47-44-41-38-36-31-29-26-23-20-17-14-11-8-2/h10,13,19-20,22-23,28-31,33-34,37-39,41,45,48,55,58,64-65H,7-9,11-12,14-18,21,24-27,32,35-36,40,42-44,46-47,49-54,56-57,59-63H2,1-6H3,(H-,68,70,72,73)/p+1/b13-10-,22-19-,23-20-,30-28-,31-29-,34-33-,39-37-,41-38-,48-45-,58-55+. The first-order chi connectivity index (χ1) is 37.4. The van der Waals surface area contributed by atoms with Gasteiger partial charge in [0.1, 0.15) is 19.3 Å². The largest absolute Gasteiger partial charge is 0.472 e. The topological polar surface area (TPSA) is 111 Å². The van der Waals surface area contributed by atoms with Gasteiger partial charge in [-0.05, 0) is 122 Å². The molecule has 0 fully saturated rings. The molecule has 0 rings (SSSR count). The summed E-state index contributed by atoms with van der Waals surface area (Å²) in [5.74, 6) is -0.589. The van der Waals surface area contributed by atoms with Gasteiger partial charge in [-0.1, -0.05) is 226 Å². The van der Waals surface area contributed by atoms with E-state index in [2.05, 4.69) is 135 Å². The highest BCUT2D eigenvalue weighted by atomic mass is 31.2. The summed E-state index contributed by atoms with van der Waals surface area (Å²) in [4.78, 5) is 37.7. The summed E-state index contributed by atoms with van der Waals surface area (Å²) in [6.07, 6.45) is 77.7. The zero-order chi connectivity index (χ0) is 56.4. The van der Waals surface area contributed by atoms with Gasteiger partial charge in [0.15, 0.2) is 0 Å². The number of carbonyl (C=O) groups is 2. The summed E-state index contributed by atoms with van der Waals surface area (Å²) in [6.45, 7) is 6.81. The molecule has 0 aromatic heterocycles. The lowest BCUT2D eigenvalue weighted by atomic mass is 10.0. The van der Waals surface area contributed by atoms with Crippen molar-refractivity contribution in [2.75, 3.05) is 40.9 Å². The molecule has 9 nitrogen and oxygen atoms in total. The van der Waals surface area contributed by atoms with Crippen molar-refractivity contribution in [3.8, 4) is 0 Å². The highest BCUT2D eigenvalue weighted by Crippen LogP contribution is 2.43. The molecule has 0 radical (unpaired) electrons. The molecular formula is C67H116N2O7P+. The van der Waals surface area contributed by atoms with Crippen LogP contribution in [-0.2, 0) is 27.9 Å². The molecule has 0 spiro atoms. The van der Waals surface area contributed by atoms with E-state index in [0.717, 1.165) is 109 Å². The van der Waals surface area contributed by atoms with Crippen LogP contribution < -0.4 is 5.32 Å². The fourth-order valence-electron chi connectivity index (χ4n) is 8.12. The summed E-state index contributed by atoms with van der Waals surface area (Å²) in [5.41, 5.74) is 0. The number of quaternary nitrogens is 1. The normalized spacial score (nSPS) is 14.5. The first-order valence-corrected chi connectivity index (χ1v) is 32.4. The van der Waals surface area contributed by atoms with Crippen LogP contribution in [0.4, 0.5) is 0 Å². The Kier molecular flexibility index (Phi) is 53.1. The van der Waals surface area contributed by atoms with Crippen molar-refractivity contribution in [2.24, 2.45) is 0 Å². The van der Waals surface area contributed by atoms with Gasteiger partial charge in [0.05, 0.1) is 33.8 Å². The first-order valence-electron chi connectivity index (χ1n) is 30.9. The van der Waals surface area contributed by atoms with Crippen LogP contribution in [-0.4, -0.2) is 74.3 Å². The average molecular weight is 1090 g/mol. The number of hydrogen-bond acceptors (Lipinski definition) is 6. The monoisotopic (exact) mass is 1090 g/mol. The van der Waals surface area contributed by atoms with Gasteiger partial charge in [-0.15, -0.1) is 0 Å². The fourth-order valence-corrected chi connectivity index (χ4v) is 8.86. The molecule has 10 heteroatoms. The fraction of sp³-hybridized carbons (Fsp3) is 0.672. The number of phosphoric acid groups is 1. The molecule has 3 atom stereocenters. The molecule has 77 heavy (non-hydrogen) atoms. The number of unbranched alkanes of at least 4 members (excludes halogenated alkanes) is 20. The molecular weight excluding hydrogens is 976 g/mol. The smallest absolute Gasteiger partial charge is 0.456 e. The summed E-state index contributed by atoms with van der Waals surface area (Å²) in [6, 6.07) is -0.887. The first kappa shape index (κ1) is 73.4. The number of hydrogen-bond donors (Lipinski definition) is 2. The molecule has 0 saturated heterocycles. The Morgan fingerprint density at radius 3 is 1.29 bits per heavy atom. The van der Waals surface area contributed by atoms with Crippen molar-refractivity contribution in [3.05, 3.63) is 122 Å². The lowest BCUT2D eigenvalue weighted by Gasteiger charge is -2.27. The number of likely N-dealkylation sites (N-methyl/N-ethyl adjacent to an activating group) is 1. The predicted molar refractivity (Wildman–Crippen MR) is 332 cm³/mol. The van der Waals surface area contributed by atoms with Crippen LogP contribution in [0.1, 0.15) is 239 Å². The second-order valence-corrected chi connectivity index (χ2v) is 22.9. The van der Waals surface area contributed by atoms with Gasteiger partial charge in [-0.25, -0.2) is 4.57 Å². The number of esters is 1. The minimum Gasteiger partial charge on any atom is -0.456 e.